The number of nitrogens with one attached hydrogen (secondary N) is 4. The van der Waals surface area contributed by atoms with Gasteiger partial charge < -0.3 is 29.9 Å². The van der Waals surface area contributed by atoms with Gasteiger partial charge in [-0.05, 0) is 203 Å². The fourth-order valence-electron chi connectivity index (χ4n) is 13.4. The Morgan fingerprint density at radius 2 is 1.00 bits per heavy atom. The van der Waals surface area contributed by atoms with E-state index in [1.54, 1.807) is 23.2 Å². The number of hydrogen-bond acceptors (Lipinski definition) is 7. The van der Waals surface area contributed by atoms with Crippen LogP contribution in [0.1, 0.15) is 106 Å². The molecule has 89 heavy (non-hydrogen) atoms. The van der Waals surface area contributed by atoms with Crippen LogP contribution in [0.5, 0.6) is 5.75 Å². The Labute approximate surface area is 541 Å². The molecule has 0 radical (unpaired) electrons. The second-order valence-corrected chi connectivity index (χ2v) is 23.9. The van der Waals surface area contributed by atoms with E-state index in [4.69, 9.17) is 15.0 Å². The van der Waals surface area contributed by atoms with Crippen molar-refractivity contribution >= 4 is 58.0 Å². The van der Waals surface area contributed by atoms with Gasteiger partial charge in [-0.15, -0.1) is 0 Å². The molecule has 11 aromatic rings. The number of aromatic nitrogens is 8. The molecule has 6 aromatic carbocycles. The summed E-state index contributed by atoms with van der Waals surface area (Å²) in [5, 5.41) is 16.1. The van der Waals surface area contributed by atoms with E-state index in [-0.39, 0.29) is 41.2 Å². The maximum Gasteiger partial charge on any atom is 1.00 e. The number of rotatable bonds is 13. The van der Waals surface area contributed by atoms with Crippen molar-refractivity contribution in [1.82, 2.24) is 44.4 Å². The number of nitrogens with zero attached hydrogens (tertiary/aromatic N) is 6. The summed E-state index contributed by atoms with van der Waals surface area (Å²) in [7, 11) is 0. The molecular formula is C76H69N10NaO2. The third-order valence-corrected chi connectivity index (χ3v) is 16.9. The molecule has 0 saturated heterocycles. The van der Waals surface area contributed by atoms with Crippen molar-refractivity contribution in [3.63, 3.8) is 0 Å². The predicted octanol–water partition coefficient (Wildman–Crippen LogP) is 13.8. The number of imidazole rings is 2. The van der Waals surface area contributed by atoms with Crippen molar-refractivity contribution in [2.75, 3.05) is 5.32 Å². The second-order valence-electron chi connectivity index (χ2n) is 23.9. The number of amides is 1. The zero-order valence-corrected chi connectivity index (χ0v) is 54.4. The van der Waals surface area contributed by atoms with Crippen LogP contribution in [-0.2, 0) is 19.6 Å². The van der Waals surface area contributed by atoms with Crippen LogP contribution in [0.3, 0.4) is 0 Å². The minimum absolute atomic E-state index is 0. The van der Waals surface area contributed by atoms with Gasteiger partial charge >= 0.3 is 29.6 Å². The standard InChI is InChI=1S/C76H70N10O2.Na/c1-43-15-28-67(87)66(37-43)86-40-55(79-42-86)39-85(41-68-77-29-30-78-68)38-53-16-18-54(19-17-53)76(88)84-57-14-12-11-13-56(57)72-58-20-22-60(80-58)73(69-47(5)31-44(2)32-48(69)6)62-24-26-64(82-62)75(71-51(9)35-46(4)36-52(71)10)65-27-25-63(83-65)74(61-23-21-59(72)81-61)70-49(7)33-45(3)34-50(70)8;/h11-37,40,42,80,83,87H,38-39,41H2,1-10H3,(H,77,78)(H,84,88);/q;+1/p-1. The van der Waals surface area contributed by atoms with E-state index < -0.39 is 0 Å². The van der Waals surface area contributed by atoms with Crippen LogP contribution in [0.15, 0.2) is 152 Å². The predicted molar refractivity (Wildman–Crippen MR) is 357 cm³/mol. The fourth-order valence-corrected chi connectivity index (χ4v) is 13.4. The molecule has 1 amide bonds. The monoisotopic (exact) mass is 1180 g/mol. The second kappa shape index (κ2) is 24.6. The quantitative estimate of drug-likeness (QED) is 0.0836. The molecular weight excluding hydrogens is 1110 g/mol. The van der Waals surface area contributed by atoms with Crippen molar-refractivity contribution in [3.8, 4) is 55.9 Å². The summed E-state index contributed by atoms with van der Waals surface area (Å²) in [6.07, 6.45) is 15.7. The summed E-state index contributed by atoms with van der Waals surface area (Å²) in [6, 6.07) is 43.2. The molecule has 2 aliphatic rings. The summed E-state index contributed by atoms with van der Waals surface area (Å²) >= 11 is 0. The Hall–Kier alpha value is -9.43. The number of aryl methyl sites for hydroxylation is 10. The van der Waals surface area contributed by atoms with E-state index in [0.717, 1.165) is 134 Å². The summed E-state index contributed by atoms with van der Waals surface area (Å²) in [5.74, 6) is 0.495. The Morgan fingerprint density at radius 3 is 1.49 bits per heavy atom. The Bertz CT molecular complexity index is 4720. The molecule has 5 aromatic heterocycles. The number of carbonyl (C=O) groups excluding carboxylic acids is 1. The van der Waals surface area contributed by atoms with Crippen LogP contribution < -0.4 is 40.0 Å². The Balaban J connectivity index is 0.00000769. The number of hydrogen-bond donors (Lipinski definition) is 4. The average molecular weight is 1180 g/mol. The minimum Gasteiger partial charge on any atom is -0.871 e. The molecule has 4 N–H and O–H groups in total. The average Bonchev–Trinajstić information content (AvgIpc) is 1.78. The smallest absolute Gasteiger partial charge is 0.871 e. The SMILES string of the molecule is Cc1cc(C)c(-c2c3nc(c(-c4c(C)cc(C)cc4C)c4ccc([nH]4)c(-c4c(C)cc(C)cc4C)c4nc(c(-c5ccccc5NC(=O)c5ccc(CN(Cc6cn(-c7cc(C)ccc7[O-])cn6)Cc6ncc[nH]6)cc5)c5ccc2[nH]5)C=C4)C=C3)c(C)c1.[Na+]. The summed E-state index contributed by atoms with van der Waals surface area (Å²) in [5.41, 5.74) is 29.9. The van der Waals surface area contributed by atoms with Crippen LogP contribution in [0.25, 0.3) is 96.6 Å². The van der Waals surface area contributed by atoms with Gasteiger partial charge in [0.05, 0.1) is 41.3 Å². The zero-order chi connectivity index (χ0) is 61.1. The van der Waals surface area contributed by atoms with Gasteiger partial charge in [-0.25, -0.2) is 19.9 Å². The summed E-state index contributed by atoms with van der Waals surface area (Å²) in [4.78, 5) is 48.7. The first-order valence-corrected chi connectivity index (χ1v) is 29.9. The maximum atomic E-state index is 14.7. The zero-order valence-electron chi connectivity index (χ0n) is 52.4. The van der Waals surface area contributed by atoms with E-state index in [9.17, 15) is 9.90 Å². The normalized spacial score (nSPS) is 11.9. The molecule has 0 aliphatic carbocycles. The first-order chi connectivity index (χ1) is 42.5. The fraction of sp³-hybridized carbons (Fsp3) is 0.171. The number of para-hydroxylation sites is 1. The van der Waals surface area contributed by atoms with Crippen LogP contribution in [0.4, 0.5) is 5.69 Å². The largest absolute Gasteiger partial charge is 1.00 e. The van der Waals surface area contributed by atoms with Crippen molar-refractivity contribution in [3.05, 3.63) is 253 Å². The molecule has 0 spiro atoms. The van der Waals surface area contributed by atoms with Gasteiger partial charge in [0, 0.05) is 98.5 Å². The number of carbonyl (C=O) groups is 1. The van der Waals surface area contributed by atoms with Crippen LogP contribution in [0, 0.1) is 69.2 Å². The van der Waals surface area contributed by atoms with Gasteiger partial charge in [-0.2, -0.15) is 0 Å². The van der Waals surface area contributed by atoms with Crippen molar-refractivity contribution in [2.45, 2.75) is 88.9 Å². The van der Waals surface area contributed by atoms with E-state index in [0.29, 0.717) is 36.6 Å². The van der Waals surface area contributed by atoms with E-state index >= 15 is 0 Å². The third-order valence-electron chi connectivity index (χ3n) is 16.9. The van der Waals surface area contributed by atoms with Gasteiger partial charge in [0.2, 0.25) is 0 Å². The molecule has 2 aliphatic heterocycles. The molecule has 0 saturated carbocycles. The third kappa shape index (κ3) is 11.9. The number of aromatic amines is 3. The first-order valence-electron chi connectivity index (χ1n) is 29.9. The maximum absolute atomic E-state index is 14.7. The van der Waals surface area contributed by atoms with E-state index in [2.05, 4.69) is 184 Å². The molecule has 13 rings (SSSR count). The minimum atomic E-state index is -0.252. The summed E-state index contributed by atoms with van der Waals surface area (Å²) < 4.78 is 1.79. The van der Waals surface area contributed by atoms with E-state index in [1.807, 2.05) is 73.9 Å². The van der Waals surface area contributed by atoms with Gasteiger partial charge in [0.15, 0.2) is 0 Å². The number of fused-ring (bicyclic) bond motifs is 8. The van der Waals surface area contributed by atoms with Crippen LogP contribution >= 0.6 is 0 Å². The number of H-pyrrole nitrogens is 3. The van der Waals surface area contributed by atoms with Gasteiger partial charge in [0.25, 0.3) is 5.91 Å². The van der Waals surface area contributed by atoms with Gasteiger partial charge in [-0.3, -0.25) is 9.69 Å². The Kier molecular flexibility index (Phi) is 16.6. The summed E-state index contributed by atoms with van der Waals surface area (Å²) in [6.45, 7) is 23.1. The van der Waals surface area contributed by atoms with Crippen LogP contribution in [0.2, 0.25) is 0 Å². The molecule has 436 valence electrons. The molecule has 8 bridgehead atoms. The number of benzene rings is 6. The van der Waals surface area contributed by atoms with E-state index in [1.165, 1.54) is 27.8 Å². The molecule has 12 nitrogen and oxygen atoms in total. The molecule has 0 fully saturated rings. The molecule has 7 heterocycles. The van der Waals surface area contributed by atoms with Crippen molar-refractivity contribution < 1.29 is 39.5 Å². The Morgan fingerprint density at radius 1 is 0.517 bits per heavy atom. The van der Waals surface area contributed by atoms with Crippen LogP contribution in [-0.4, -0.2) is 50.3 Å². The molecule has 13 heteroatoms. The molecule has 0 unspecified atom stereocenters. The molecule has 0 atom stereocenters. The van der Waals surface area contributed by atoms with Gasteiger partial charge in [0.1, 0.15) is 5.82 Å². The topological polar surface area (TPSA) is 159 Å². The van der Waals surface area contributed by atoms with Crippen molar-refractivity contribution in [1.29, 1.82) is 0 Å². The van der Waals surface area contributed by atoms with Crippen molar-refractivity contribution in [2.24, 2.45) is 0 Å². The number of anilines is 1. The first kappa shape index (κ1) is 59.9. The van der Waals surface area contributed by atoms with Gasteiger partial charge in [-0.1, -0.05) is 101 Å².